The second-order valence-electron chi connectivity index (χ2n) is 9.23. The number of carbonyl (C=O) groups is 1. The van der Waals surface area contributed by atoms with Gasteiger partial charge in [0.1, 0.15) is 0 Å². The van der Waals surface area contributed by atoms with Crippen LogP contribution in [0.4, 0.5) is 0 Å². The fraction of sp³-hybridized carbons (Fsp3) is 0.696. The van der Waals surface area contributed by atoms with E-state index >= 15 is 0 Å². The first kappa shape index (κ1) is 19.4. The number of carbonyl (C=O) groups excluding carboxylic acids is 1. The van der Waals surface area contributed by atoms with Crippen LogP contribution in [-0.4, -0.2) is 33.8 Å². The minimum absolute atomic E-state index is 0.143. The number of methoxy groups -OCH3 is 3. The maximum absolute atomic E-state index is 12.5. The summed E-state index contributed by atoms with van der Waals surface area (Å²) in [7, 11) is 4.82. The Labute approximate surface area is 168 Å². The summed E-state index contributed by atoms with van der Waals surface area (Å²) in [6, 6.07) is 3.85. The molecule has 4 fully saturated rings. The summed E-state index contributed by atoms with van der Waals surface area (Å²) >= 11 is 0. The SMILES string of the molecule is COc1cc(CCC(=O)NCC23CC4CC(CC(C4)C2)C3)cc(OC)c1OC. The maximum Gasteiger partial charge on any atom is 0.220 e. The summed E-state index contributed by atoms with van der Waals surface area (Å²) < 4.78 is 16.2. The van der Waals surface area contributed by atoms with Gasteiger partial charge in [-0.3, -0.25) is 4.79 Å². The van der Waals surface area contributed by atoms with E-state index in [1.54, 1.807) is 21.3 Å². The van der Waals surface area contributed by atoms with Gasteiger partial charge < -0.3 is 19.5 Å². The minimum Gasteiger partial charge on any atom is -0.493 e. The van der Waals surface area contributed by atoms with E-state index in [1.807, 2.05) is 12.1 Å². The number of amides is 1. The normalized spacial score (nSPS) is 30.2. The number of hydrogen-bond acceptors (Lipinski definition) is 4. The fourth-order valence-corrected chi connectivity index (χ4v) is 6.42. The molecule has 1 amide bonds. The van der Waals surface area contributed by atoms with Crippen molar-refractivity contribution in [3.63, 3.8) is 0 Å². The molecule has 1 aromatic rings. The molecule has 1 N–H and O–H groups in total. The third-order valence-electron chi connectivity index (χ3n) is 7.19. The van der Waals surface area contributed by atoms with Crippen molar-refractivity contribution in [3.05, 3.63) is 17.7 Å². The maximum atomic E-state index is 12.5. The van der Waals surface area contributed by atoms with Gasteiger partial charge in [-0.05, 0) is 85.8 Å². The van der Waals surface area contributed by atoms with Crippen LogP contribution < -0.4 is 19.5 Å². The Bertz CT molecular complexity index is 669. The van der Waals surface area contributed by atoms with Crippen LogP contribution in [0.15, 0.2) is 12.1 Å². The zero-order chi connectivity index (χ0) is 19.7. The molecule has 0 unspecified atom stereocenters. The third-order valence-corrected chi connectivity index (χ3v) is 7.19. The molecule has 5 rings (SSSR count). The smallest absolute Gasteiger partial charge is 0.220 e. The molecular formula is C23H33NO4. The molecule has 1 aromatic carbocycles. The van der Waals surface area contributed by atoms with Crippen molar-refractivity contribution in [3.8, 4) is 17.2 Å². The van der Waals surface area contributed by atoms with Gasteiger partial charge in [-0.15, -0.1) is 0 Å². The van der Waals surface area contributed by atoms with Crippen LogP contribution >= 0.6 is 0 Å². The number of hydrogen-bond donors (Lipinski definition) is 1. The van der Waals surface area contributed by atoms with Crippen LogP contribution in [0, 0.1) is 23.2 Å². The van der Waals surface area contributed by atoms with Crippen molar-refractivity contribution in [1.82, 2.24) is 5.32 Å². The molecule has 0 saturated heterocycles. The van der Waals surface area contributed by atoms with Crippen molar-refractivity contribution in [2.45, 2.75) is 51.4 Å². The van der Waals surface area contributed by atoms with Crippen molar-refractivity contribution in [2.75, 3.05) is 27.9 Å². The van der Waals surface area contributed by atoms with Crippen molar-refractivity contribution < 1.29 is 19.0 Å². The number of rotatable bonds is 8. The van der Waals surface area contributed by atoms with E-state index < -0.39 is 0 Å². The monoisotopic (exact) mass is 387 g/mol. The number of nitrogens with one attached hydrogen (secondary N) is 1. The van der Waals surface area contributed by atoms with Gasteiger partial charge in [0, 0.05) is 13.0 Å². The van der Waals surface area contributed by atoms with Gasteiger partial charge in [0.05, 0.1) is 21.3 Å². The highest BCUT2D eigenvalue weighted by Gasteiger charge is 2.50. The molecule has 0 radical (unpaired) electrons. The largest absolute Gasteiger partial charge is 0.493 e. The zero-order valence-electron chi connectivity index (χ0n) is 17.4. The van der Waals surface area contributed by atoms with Crippen LogP contribution in [0.3, 0.4) is 0 Å². The van der Waals surface area contributed by atoms with Crippen LogP contribution in [0.1, 0.15) is 50.5 Å². The standard InChI is InChI=1S/C23H33NO4/c1-26-19-9-15(10-20(27-2)22(19)28-3)4-5-21(25)24-14-23-11-16-6-17(12-23)8-18(7-16)13-23/h9-10,16-18H,4-8,11-14H2,1-3H3,(H,24,25). The lowest BCUT2D eigenvalue weighted by molar-refractivity contribution is -0.123. The van der Waals surface area contributed by atoms with E-state index in [-0.39, 0.29) is 5.91 Å². The van der Waals surface area contributed by atoms with E-state index in [2.05, 4.69) is 5.32 Å². The van der Waals surface area contributed by atoms with Crippen LogP contribution in [0.25, 0.3) is 0 Å². The Morgan fingerprint density at radius 2 is 1.50 bits per heavy atom. The van der Waals surface area contributed by atoms with E-state index in [0.29, 0.717) is 35.5 Å². The second kappa shape index (κ2) is 7.84. The highest BCUT2D eigenvalue weighted by molar-refractivity contribution is 5.76. The Kier molecular flexibility index (Phi) is 5.44. The second-order valence-corrected chi connectivity index (χ2v) is 9.23. The van der Waals surface area contributed by atoms with E-state index in [9.17, 15) is 4.79 Å². The first-order valence-electron chi connectivity index (χ1n) is 10.6. The summed E-state index contributed by atoms with van der Waals surface area (Å²) in [5.41, 5.74) is 1.40. The van der Waals surface area contributed by atoms with Crippen molar-refractivity contribution >= 4 is 5.91 Å². The Hall–Kier alpha value is -1.91. The zero-order valence-corrected chi connectivity index (χ0v) is 17.4. The summed E-state index contributed by atoms with van der Waals surface area (Å²) in [5, 5.41) is 3.26. The van der Waals surface area contributed by atoms with Gasteiger partial charge in [-0.2, -0.15) is 0 Å². The predicted octanol–water partition coefficient (Wildman–Crippen LogP) is 3.98. The number of aryl methyl sites for hydroxylation is 1. The molecule has 0 heterocycles. The molecule has 0 spiro atoms. The van der Waals surface area contributed by atoms with Crippen LogP contribution in [-0.2, 0) is 11.2 Å². The molecule has 4 bridgehead atoms. The molecule has 5 nitrogen and oxygen atoms in total. The molecule has 4 aliphatic rings. The Morgan fingerprint density at radius 3 is 1.96 bits per heavy atom. The number of benzene rings is 1. The van der Waals surface area contributed by atoms with Gasteiger partial charge in [0.15, 0.2) is 11.5 Å². The van der Waals surface area contributed by atoms with Crippen molar-refractivity contribution in [2.24, 2.45) is 23.2 Å². The van der Waals surface area contributed by atoms with E-state index in [4.69, 9.17) is 14.2 Å². The first-order chi connectivity index (χ1) is 13.5. The molecule has 4 aliphatic carbocycles. The van der Waals surface area contributed by atoms with Gasteiger partial charge in [-0.1, -0.05) is 0 Å². The van der Waals surface area contributed by atoms with Crippen LogP contribution in [0.2, 0.25) is 0 Å². The van der Waals surface area contributed by atoms with Gasteiger partial charge in [0.25, 0.3) is 0 Å². The first-order valence-corrected chi connectivity index (χ1v) is 10.6. The lowest BCUT2D eigenvalue weighted by Gasteiger charge is -2.56. The van der Waals surface area contributed by atoms with Gasteiger partial charge in [-0.25, -0.2) is 0 Å². The molecular weight excluding hydrogens is 354 g/mol. The minimum atomic E-state index is 0.143. The summed E-state index contributed by atoms with van der Waals surface area (Å²) in [5.74, 6) is 4.74. The lowest BCUT2D eigenvalue weighted by atomic mass is 9.49. The predicted molar refractivity (Wildman–Crippen MR) is 108 cm³/mol. The Morgan fingerprint density at radius 1 is 0.964 bits per heavy atom. The third kappa shape index (κ3) is 3.81. The Balaban J connectivity index is 1.33. The molecule has 154 valence electrons. The quantitative estimate of drug-likeness (QED) is 0.733. The molecule has 0 aromatic heterocycles. The highest BCUT2D eigenvalue weighted by atomic mass is 16.5. The average molecular weight is 388 g/mol. The fourth-order valence-electron chi connectivity index (χ4n) is 6.42. The summed E-state index contributed by atoms with van der Waals surface area (Å²) in [4.78, 5) is 12.5. The molecule has 5 heteroatoms. The van der Waals surface area contributed by atoms with E-state index in [1.165, 1.54) is 38.5 Å². The average Bonchev–Trinajstić information content (AvgIpc) is 2.68. The summed E-state index contributed by atoms with van der Waals surface area (Å²) in [6.45, 7) is 0.866. The molecule has 0 atom stereocenters. The molecule has 0 aliphatic heterocycles. The molecule has 28 heavy (non-hydrogen) atoms. The van der Waals surface area contributed by atoms with E-state index in [0.717, 1.165) is 29.9 Å². The summed E-state index contributed by atoms with van der Waals surface area (Å²) in [6.07, 6.45) is 9.43. The topological polar surface area (TPSA) is 56.8 Å². The van der Waals surface area contributed by atoms with Crippen molar-refractivity contribution in [1.29, 1.82) is 0 Å². The lowest BCUT2D eigenvalue weighted by Crippen LogP contribution is -2.51. The molecule has 4 saturated carbocycles. The van der Waals surface area contributed by atoms with Gasteiger partial charge >= 0.3 is 0 Å². The number of ether oxygens (including phenoxy) is 3. The highest BCUT2D eigenvalue weighted by Crippen LogP contribution is 2.59. The van der Waals surface area contributed by atoms with Gasteiger partial charge in [0.2, 0.25) is 11.7 Å². The van der Waals surface area contributed by atoms with Crippen LogP contribution in [0.5, 0.6) is 17.2 Å².